The second kappa shape index (κ2) is 9.63. The predicted octanol–water partition coefficient (Wildman–Crippen LogP) is 6.18. The van der Waals surface area contributed by atoms with E-state index < -0.39 is 5.97 Å². The lowest BCUT2D eigenvalue weighted by Crippen LogP contribution is -2.13. The summed E-state index contributed by atoms with van der Waals surface area (Å²) in [5, 5.41) is 13.8. The van der Waals surface area contributed by atoms with Gasteiger partial charge in [0.25, 0.3) is 0 Å². The molecule has 176 valence electrons. The number of carboxylic acids is 1. The zero-order valence-electron chi connectivity index (χ0n) is 19.9. The number of hydrogen-bond acceptors (Lipinski definition) is 4. The van der Waals surface area contributed by atoms with Crippen LogP contribution in [0, 0.1) is 19.7 Å². The Labute approximate surface area is 198 Å². The SMILES string of the molecule is CCC(C)c1cc(-c2cc(NCCn3c(C)cc4c(C)ccc(F)c43)ncn2)ccc1C(=O)O. The number of anilines is 1. The second-order valence-corrected chi connectivity index (χ2v) is 8.70. The number of nitrogens with zero attached hydrogens (tertiary/aromatic N) is 3. The lowest BCUT2D eigenvalue weighted by atomic mass is 9.91. The molecule has 0 aliphatic rings. The van der Waals surface area contributed by atoms with E-state index in [0.717, 1.165) is 34.2 Å². The van der Waals surface area contributed by atoms with Gasteiger partial charge in [-0.2, -0.15) is 0 Å². The Morgan fingerprint density at radius 2 is 1.94 bits per heavy atom. The second-order valence-electron chi connectivity index (χ2n) is 8.70. The largest absolute Gasteiger partial charge is 0.478 e. The molecule has 6 nitrogen and oxygen atoms in total. The molecule has 2 heterocycles. The molecule has 0 radical (unpaired) electrons. The summed E-state index contributed by atoms with van der Waals surface area (Å²) in [6.45, 7) is 9.18. The predicted molar refractivity (Wildman–Crippen MR) is 133 cm³/mol. The van der Waals surface area contributed by atoms with Gasteiger partial charge in [0.15, 0.2) is 0 Å². The van der Waals surface area contributed by atoms with Crippen LogP contribution in [0.15, 0.2) is 48.8 Å². The molecular formula is C27H29FN4O2. The van der Waals surface area contributed by atoms with Crippen molar-refractivity contribution in [1.82, 2.24) is 14.5 Å². The highest BCUT2D eigenvalue weighted by Gasteiger charge is 2.16. The van der Waals surface area contributed by atoms with E-state index in [2.05, 4.69) is 15.3 Å². The molecule has 0 bridgehead atoms. The first-order valence-electron chi connectivity index (χ1n) is 11.5. The summed E-state index contributed by atoms with van der Waals surface area (Å²) in [7, 11) is 0. The minimum absolute atomic E-state index is 0.120. The summed E-state index contributed by atoms with van der Waals surface area (Å²) >= 11 is 0. The van der Waals surface area contributed by atoms with E-state index in [0.29, 0.717) is 35.7 Å². The number of fused-ring (bicyclic) bond motifs is 1. The van der Waals surface area contributed by atoms with Crippen molar-refractivity contribution in [3.05, 3.63) is 77.0 Å². The van der Waals surface area contributed by atoms with Gasteiger partial charge in [0.05, 0.1) is 16.8 Å². The monoisotopic (exact) mass is 460 g/mol. The highest BCUT2D eigenvalue weighted by Crippen LogP contribution is 2.29. The molecule has 0 aliphatic carbocycles. The molecule has 2 aromatic carbocycles. The van der Waals surface area contributed by atoms with E-state index in [-0.39, 0.29) is 11.7 Å². The molecule has 0 fully saturated rings. The van der Waals surface area contributed by atoms with E-state index in [9.17, 15) is 14.3 Å². The van der Waals surface area contributed by atoms with Crippen molar-refractivity contribution < 1.29 is 14.3 Å². The van der Waals surface area contributed by atoms with Crippen molar-refractivity contribution in [2.24, 2.45) is 0 Å². The number of hydrogen-bond donors (Lipinski definition) is 2. The maximum absolute atomic E-state index is 14.5. The number of benzene rings is 2. The van der Waals surface area contributed by atoms with E-state index >= 15 is 0 Å². The molecule has 7 heteroatoms. The Kier molecular flexibility index (Phi) is 6.63. The molecule has 0 saturated heterocycles. The highest BCUT2D eigenvalue weighted by molar-refractivity contribution is 5.90. The molecule has 0 spiro atoms. The van der Waals surface area contributed by atoms with Crippen LogP contribution in [0.1, 0.15) is 53.4 Å². The quantitative estimate of drug-likeness (QED) is 0.328. The van der Waals surface area contributed by atoms with Crippen LogP contribution in [-0.4, -0.2) is 32.2 Å². The van der Waals surface area contributed by atoms with Gasteiger partial charge < -0.3 is 15.0 Å². The molecule has 1 unspecified atom stereocenters. The van der Waals surface area contributed by atoms with Gasteiger partial charge in [-0.15, -0.1) is 0 Å². The molecule has 34 heavy (non-hydrogen) atoms. The smallest absolute Gasteiger partial charge is 0.335 e. The third kappa shape index (κ3) is 4.51. The molecular weight excluding hydrogens is 431 g/mol. The van der Waals surface area contributed by atoms with Crippen molar-refractivity contribution in [3.8, 4) is 11.3 Å². The van der Waals surface area contributed by atoms with Crippen LogP contribution in [0.3, 0.4) is 0 Å². The van der Waals surface area contributed by atoms with Gasteiger partial charge in [0.1, 0.15) is 18.0 Å². The highest BCUT2D eigenvalue weighted by atomic mass is 19.1. The van der Waals surface area contributed by atoms with Gasteiger partial charge in [-0.25, -0.2) is 19.2 Å². The maximum Gasteiger partial charge on any atom is 0.335 e. The molecule has 4 aromatic rings. The van der Waals surface area contributed by atoms with E-state index in [1.165, 1.54) is 12.4 Å². The molecule has 0 aliphatic heterocycles. The molecule has 0 saturated carbocycles. The minimum atomic E-state index is -0.925. The number of carboxylic acid groups (broad SMARTS) is 1. The molecule has 4 rings (SSSR count). The lowest BCUT2D eigenvalue weighted by molar-refractivity contribution is 0.0695. The van der Waals surface area contributed by atoms with Crippen molar-refractivity contribution in [3.63, 3.8) is 0 Å². The van der Waals surface area contributed by atoms with Gasteiger partial charge >= 0.3 is 5.97 Å². The molecule has 2 aromatic heterocycles. The first-order valence-corrected chi connectivity index (χ1v) is 11.5. The summed E-state index contributed by atoms with van der Waals surface area (Å²) in [6, 6.07) is 12.5. The average molecular weight is 461 g/mol. The number of aromatic carboxylic acids is 1. The molecule has 2 N–H and O–H groups in total. The van der Waals surface area contributed by atoms with Crippen molar-refractivity contribution in [2.75, 3.05) is 11.9 Å². The fourth-order valence-corrected chi connectivity index (χ4v) is 4.34. The van der Waals surface area contributed by atoms with Gasteiger partial charge in [-0.3, -0.25) is 0 Å². The molecule has 1 atom stereocenters. The van der Waals surface area contributed by atoms with Crippen molar-refractivity contribution in [2.45, 2.75) is 46.6 Å². The Hall–Kier alpha value is -3.74. The summed E-state index contributed by atoms with van der Waals surface area (Å²) in [5.74, 6) is -0.372. The van der Waals surface area contributed by atoms with Crippen LogP contribution in [-0.2, 0) is 6.54 Å². The van der Waals surface area contributed by atoms with Gasteiger partial charge in [-0.1, -0.05) is 26.0 Å². The van der Waals surface area contributed by atoms with Crippen molar-refractivity contribution >= 4 is 22.7 Å². The third-order valence-electron chi connectivity index (χ3n) is 6.46. The third-order valence-corrected chi connectivity index (χ3v) is 6.46. The Morgan fingerprint density at radius 3 is 2.68 bits per heavy atom. The minimum Gasteiger partial charge on any atom is -0.478 e. The summed E-state index contributed by atoms with van der Waals surface area (Å²) in [6.07, 6.45) is 2.33. The number of nitrogens with one attached hydrogen (secondary N) is 1. The van der Waals surface area contributed by atoms with Gasteiger partial charge in [0, 0.05) is 35.8 Å². The summed E-state index contributed by atoms with van der Waals surface area (Å²) < 4.78 is 16.5. The Balaban J connectivity index is 1.55. The Morgan fingerprint density at radius 1 is 1.15 bits per heavy atom. The van der Waals surface area contributed by atoms with Crippen LogP contribution in [0.2, 0.25) is 0 Å². The number of rotatable bonds is 8. The standard InChI is InChI=1S/C27H29FN4O2/c1-5-16(2)21-13-19(7-8-20(21)27(33)34)24-14-25(31-15-30-24)29-10-11-32-18(4)12-22-17(3)6-9-23(28)26(22)32/h6-9,12-16H,5,10-11H2,1-4H3,(H,33,34)(H,29,30,31). The van der Waals surface area contributed by atoms with Crippen molar-refractivity contribution in [1.29, 1.82) is 0 Å². The molecule has 0 amide bonds. The number of aromatic nitrogens is 3. The number of aryl methyl sites for hydroxylation is 2. The van der Waals surface area contributed by atoms with Crippen LogP contribution in [0.25, 0.3) is 22.2 Å². The average Bonchev–Trinajstić information content (AvgIpc) is 3.18. The van der Waals surface area contributed by atoms with Crippen LogP contribution in [0.4, 0.5) is 10.2 Å². The topological polar surface area (TPSA) is 80.0 Å². The van der Waals surface area contributed by atoms with Crippen LogP contribution < -0.4 is 5.32 Å². The zero-order chi connectivity index (χ0) is 24.4. The lowest BCUT2D eigenvalue weighted by Gasteiger charge is -2.15. The summed E-state index contributed by atoms with van der Waals surface area (Å²) in [5.41, 5.74) is 5.36. The van der Waals surface area contributed by atoms with E-state index in [1.807, 2.05) is 50.5 Å². The van der Waals surface area contributed by atoms with Crippen LogP contribution >= 0.6 is 0 Å². The first kappa shape index (κ1) is 23.4. The van der Waals surface area contributed by atoms with Crippen LogP contribution in [0.5, 0.6) is 0 Å². The van der Waals surface area contributed by atoms with Gasteiger partial charge in [0.2, 0.25) is 0 Å². The fourth-order valence-electron chi connectivity index (χ4n) is 4.34. The van der Waals surface area contributed by atoms with E-state index in [1.54, 1.807) is 18.2 Å². The number of carbonyl (C=O) groups is 1. The van der Waals surface area contributed by atoms with E-state index in [4.69, 9.17) is 0 Å². The normalized spacial score (nSPS) is 12.1. The number of halogens is 1. The van der Waals surface area contributed by atoms with Gasteiger partial charge in [-0.05, 0) is 61.6 Å². The Bertz CT molecular complexity index is 1360. The zero-order valence-corrected chi connectivity index (χ0v) is 19.9. The fraction of sp³-hybridized carbons (Fsp3) is 0.296. The maximum atomic E-state index is 14.5. The summed E-state index contributed by atoms with van der Waals surface area (Å²) in [4.78, 5) is 20.4. The first-order chi connectivity index (χ1) is 16.3.